The van der Waals surface area contributed by atoms with Gasteiger partial charge in [0.2, 0.25) is 10.0 Å². The van der Waals surface area contributed by atoms with Crippen LogP contribution in [0, 0.1) is 0 Å². The molecule has 1 atom stereocenters. The largest absolute Gasteiger partial charge is 0.468 e. The number of sulfonamides is 1. The van der Waals surface area contributed by atoms with E-state index in [4.69, 9.17) is 16.0 Å². The average molecular weight is 312 g/mol. The lowest BCUT2D eigenvalue weighted by molar-refractivity contribution is 0.340. The van der Waals surface area contributed by atoms with Gasteiger partial charge in [0.1, 0.15) is 5.76 Å². The van der Waals surface area contributed by atoms with Crippen molar-refractivity contribution in [2.75, 3.05) is 6.54 Å². The summed E-state index contributed by atoms with van der Waals surface area (Å²) in [5.41, 5.74) is 0. The van der Waals surface area contributed by atoms with E-state index in [1.807, 2.05) is 6.07 Å². The SMILES string of the molecule is O=S(=O)(c1ccc(Cl)cc1)N1CCCC1c1ccco1. The van der Waals surface area contributed by atoms with Crippen molar-refractivity contribution >= 4 is 21.6 Å². The number of benzene rings is 1. The molecule has 2 aromatic rings. The lowest BCUT2D eigenvalue weighted by Gasteiger charge is -2.22. The molecule has 3 rings (SSSR count). The first-order chi connectivity index (χ1) is 9.59. The lowest BCUT2D eigenvalue weighted by Crippen LogP contribution is -2.30. The van der Waals surface area contributed by atoms with Crippen molar-refractivity contribution in [3.63, 3.8) is 0 Å². The van der Waals surface area contributed by atoms with Crippen molar-refractivity contribution in [2.45, 2.75) is 23.8 Å². The van der Waals surface area contributed by atoms with Gasteiger partial charge in [0.25, 0.3) is 0 Å². The molecule has 106 valence electrons. The highest BCUT2D eigenvalue weighted by molar-refractivity contribution is 7.89. The third-order valence-electron chi connectivity index (χ3n) is 3.50. The number of nitrogens with zero attached hydrogens (tertiary/aromatic N) is 1. The molecule has 1 aromatic carbocycles. The number of rotatable bonds is 3. The van der Waals surface area contributed by atoms with E-state index < -0.39 is 10.0 Å². The summed E-state index contributed by atoms with van der Waals surface area (Å²) >= 11 is 5.81. The summed E-state index contributed by atoms with van der Waals surface area (Å²) in [6.45, 7) is 0.510. The Labute approximate surface area is 123 Å². The van der Waals surface area contributed by atoms with Gasteiger partial charge < -0.3 is 4.42 Å². The molecule has 0 bridgehead atoms. The Hall–Kier alpha value is -1.30. The van der Waals surface area contributed by atoms with Gasteiger partial charge in [-0.3, -0.25) is 0 Å². The van der Waals surface area contributed by atoms with E-state index in [1.165, 1.54) is 16.4 Å². The van der Waals surface area contributed by atoms with Crippen LogP contribution >= 0.6 is 11.6 Å². The highest BCUT2D eigenvalue weighted by Gasteiger charge is 2.37. The van der Waals surface area contributed by atoms with Crippen LogP contribution in [0.2, 0.25) is 5.02 Å². The molecule has 2 heterocycles. The summed E-state index contributed by atoms with van der Waals surface area (Å²) in [5.74, 6) is 0.694. The van der Waals surface area contributed by atoms with Gasteiger partial charge in [0.05, 0.1) is 17.2 Å². The number of hydrogen-bond donors (Lipinski definition) is 0. The molecule has 0 aliphatic carbocycles. The van der Waals surface area contributed by atoms with Crippen LogP contribution in [0.4, 0.5) is 0 Å². The molecule has 4 nitrogen and oxygen atoms in total. The number of hydrogen-bond acceptors (Lipinski definition) is 3. The molecule has 1 aromatic heterocycles. The van der Waals surface area contributed by atoms with Crippen molar-refractivity contribution in [1.29, 1.82) is 0 Å². The highest BCUT2D eigenvalue weighted by Crippen LogP contribution is 2.36. The Morgan fingerprint density at radius 3 is 2.60 bits per heavy atom. The molecule has 6 heteroatoms. The molecular formula is C14H14ClNO3S. The second-order valence-corrected chi connectivity index (χ2v) is 7.07. The molecule has 0 saturated carbocycles. The quantitative estimate of drug-likeness (QED) is 0.872. The molecule has 0 spiro atoms. The zero-order valence-corrected chi connectivity index (χ0v) is 12.3. The predicted octanol–water partition coefficient (Wildman–Crippen LogP) is 3.46. The molecule has 1 fully saturated rings. The molecule has 1 saturated heterocycles. The van der Waals surface area contributed by atoms with Crippen LogP contribution in [0.15, 0.2) is 52.0 Å². The zero-order valence-electron chi connectivity index (χ0n) is 10.7. The van der Waals surface area contributed by atoms with Crippen LogP contribution < -0.4 is 0 Å². The van der Waals surface area contributed by atoms with Gasteiger partial charge in [0, 0.05) is 11.6 Å². The normalized spacial score (nSPS) is 20.4. The molecule has 1 unspecified atom stereocenters. The van der Waals surface area contributed by atoms with E-state index in [0.29, 0.717) is 17.3 Å². The standard InChI is InChI=1S/C14H14ClNO3S/c15-11-5-7-12(8-6-11)20(17,18)16-9-1-3-13(16)14-4-2-10-19-14/h2,4-8,10,13H,1,3,9H2. The van der Waals surface area contributed by atoms with Crippen molar-refractivity contribution < 1.29 is 12.8 Å². The van der Waals surface area contributed by atoms with Crippen molar-refractivity contribution in [1.82, 2.24) is 4.31 Å². The van der Waals surface area contributed by atoms with Gasteiger partial charge >= 0.3 is 0 Å². The second-order valence-electron chi connectivity index (χ2n) is 4.74. The van der Waals surface area contributed by atoms with Gasteiger partial charge in [-0.25, -0.2) is 8.42 Å². The van der Waals surface area contributed by atoms with E-state index >= 15 is 0 Å². The molecule has 0 N–H and O–H groups in total. The summed E-state index contributed by atoms with van der Waals surface area (Å²) in [5, 5.41) is 0.521. The maximum absolute atomic E-state index is 12.7. The molecule has 1 aliphatic heterocycles. The predicted molar refractivity (Wildman–Crippen MR) is 76.0 cm³/mol. The topological polar surface area (TPSA) is 50.5 Å². The van der Waals surface area contributed by atoms with Crippen LogP contribution in [-0.2, 0) is 10.0 Å². The number of furan rings is 1. The van der Waals surface area contributed by atoms with E-state index in [9.17, 15) is 8.42 Å². The maximum atomic E-state index is 12.7. The van der Waals surface area contributed by atoms with Crippen LogP contribution in [0.1, 0.15) is 24.6 Å². The van der Waals surface area contributed by atoms with Gasteiger partial charge in [-0.2, -0.15) is 4.31 Å². The van der Waals surface area contributed by atoms with Gasteiger partial charge in [-0.05, 0) is 49.2 Å². The van der Waals surface area contributed by atoms with Crippen molar-refractivity contribution in [2.24, 2.45) is 0 Å². The van der Waals surface area contributed by atoms with Gasteiger partial charge in [0.15, 0.2) is 0 Å². The Morgan fingerprint density at radius 2 is 1.95 bits per heavy atom. The first kappa shape index (κ1) is 13.7. The summed E-state index contributed by atoms with van der Waals surface area (Å²) in [7, 11) is -3.52. The first-order valence-corrected chi connectivity index (χ1v) is 8.21. The zero-order chi connectivity index (χ0) is 14.2. The van der Waals surface area contributed by atoms with Crippen LogP contribution in [0.5, 0.6) is 0 Å². The van der Waals surface area contributed by atoms with Crippen LogP contribution in [0.3, 0.4) is 0 Å². The third kappa shape index (κ3) is 2.37. The molecule has 20 heavy (non-hydrogen) atoms. The summed E-state index contributed by atoms with van der Waals surface area (Å²) in [6, 6.07) is 9.63. The first-order valence-electron chi connectivity index (χ1n) is 6.40. The van der Waals surface area contributed by atoms with Crippen LogP contribution in [-0.4, -0.2) is 19.3 Å². The lowest BCUT2D eigenvalue weighted by atomic mass is 10.2. The second kappa shape index (κ2) is 5.24. The van der Waals surface area contributed by atoms with E-state index in [2.05, 4.69) is 0 Å². The van der Waals surface area contributed by atoms with Gasteiger partial charge in [-0.1, -0.05) is 11.6 Å². The monoisotopic (exact) mass is 311 g/mol. The minimum atomic E-state index is -3.52. The fourth-order valence-corrected chi connectivity index (χ4v) is 4.33. The van der Waals surface area contributed by atoms with E-state index in [0.717, 1.165) is 12.8 Å². The van der Waals surface area contributed by atoms with Crippen molar-refractivity contribution in [3.8, 4) is 0 Å². The minimum Gasteiger partial charge on any atom is -0.468 e. The summed E-state index contributed by atoms with van der Waals surface area (Å²) in [4.78, 5) is 0.264. The number of halogens is 1. The van der Waals surface area contributed by atoms with E-state index in [-0.39, 0.29) is 10.9 Å². The maximum Gasteiger partial charge on any atom is 0.243 e. The molecule has 1 aliphatic rings. The highest BCUT2D eigenvalue weighted by atomic mass is 35.5. The average Bonchev–Trinajstić information content (AvgIpc) is 3.10. The fourth-order valence-electron chi connectivity index (χ4n) is 2.54. The fraction of sp³-hybridized carbons (Fsp3) is 0.286. The van der Waals surface area contributed by atoms with Gasteiger partial charge in [-0.15, -0.1) is 0 Å². The molecule has 0 radical (unpaired) electrons. The molecule has 0 amide bonds. The van der Waals surface area contributed by atoms with Crippen LogP contribution in [0.25, 0.3) is 0 Å². The Morgan fingerprint density at radius 1 is 1.20 bits per heavy atom. The van der Waals surface area contributed by atoms with Crippen molar-refractivity contribution in [3.05, 3.63) is 53.4 Å². The Bertz CT molecular complexity index is 680. The Balaban J connectivity index is 1.96. The molecular weight excluding hydrogens is 298 g/mol. The third-order valence-corrected chi connectivity index (χ3v) is 5.67. The smallest absolute Gasteiger partial charge is 0.243 e. The Kier molecular flexibility index (Phi) is 3.58. The minimum absolute atomic E-state index is 0.217. The summed E-state index contributed by atoms with van der Waals surface area (Å²) < 4.78 is 32.3. The summed E-state index contributed by atoms with van der Waals surface area (Å²) in [6.07, 6.45) is 3.18. The van der Waals surface area contributed by atoms with E-state index in [1.54, 1.807) is 24.5 Å².